The number of rotatable bonds is 8. The van der Waals surface area contributed by atoms with Crippen molar-refractivity contribution < 1.29 is 9.53 Å². The molecule has 0 bridgehead atoms. The quantitative estimate of drug-likeness (QED) is 0.396. The molecule has 0 aliphatic heterocycles. The molecule has 0 unspecified atom stereocenters. The van der Waals surface area contributed by atoms with Crippen molar-refractivity contribution >= 4 is 40.4 Å². The van der Waals surface area contributed by atoms with Gasteiger partial charge in [-0.15, -0.1) is 11.3 Å². The van der Waals surface area contributed by atoms with Crippen LogP contribution in [-0.4, -0.2) is 21.8 Å². The molecule has 1 atom stereocenters. The van der Waals surface area contributed by atoms with Crippen LogP contribution in [0.4, 0.5) is 0 Å². The first-order valence-corrected chi connectivity index (χ1v) is 11.0. The third-order valence-corrected chi connectivity index (χ3v) is 5.92. The van der Waals surface area contributed by atoms with E-state index in [9.17, 15) is 4.79 Å². The highest BCUT2D eigenvalue weighted by Gasteiger charge is 2.22. The number of carbonyl (C=O) groups excluding carboxylic acids is 1. The first-order chi connectivity index (χ1) is 14.0. The van der Waals surface area contributed by atoms with E-state index in [1.165, 1.54) is 11.3 Å². The molecule has 0 aliphatic carbocycles. The van der Waals surface area contributed by atoms with E-state index >= 15 is 0 Å². The number of hydrogen-bond donors (Lipinski definition) is 0. The Kier molecular flexibility index (Phi) is 7.53. The first-order valence-electron chi connectivity index (χ1n) is 9.34. The van der Waals surface area contributed by atoms with Gasteiger partial charge in [0, 0.05) is 27.0 Å². The summed E-state index contributed by atoms with van der Waals surface area (Å²) in [4.78, 5) is 19.5. The Morgan fingerprint density at radius 2 is 1.93 bits per heavy atom. The Balaban J connectivity index is 1.68. The van der Waals surface area contributed by atoms with Gasteiger partial charge in [0.05, 0.1) is 12.2 Å². The average molecular weight is 449 g/mol. The third-order valence-electron chi connectivity index (χ3n) is 4.56. The lowest BCUT2D eigenvalue weighted by molar-refractivity contribution is 0.0669. The van der Waals surface area contributed by atoms with Gasteiger partial charge in [0.25, 0.3) is 5.91 Å². The van der Waals surface area contributed by atoms with Crippen LogP contribution < -0.4 is 4.74 Å². The largest absolute Gasteiger partial charge is 0.486 e. The number of carbonyl (C=O) groups is 1. The first kappa shape index (κ1) is 21.6. The van der Waals surface area contributed by atoms with Crippen LogP contribution in [0, 0.1) is 0 Å². The zero-order chi connectivity index (χ0) is 20.8. The number of ether oxygens (including phenoxy) is 1. The minimum absolute atomic E-state index is 0.0271. The monoisotopic (exact) mass is 448 g/mol. The van der Waals surface area contributed by atoms with Gasteiger partial charge in [-0.1, -0.05) is 36.2 Å². The molecule has 0 radical (unpaired) electrons. The molecule has 1 aromatic heterocycles. The Morgan fingerprint density at radius 3 is 2.62 bits per heavy atom. The van der Waals surface area contributed by atoms with Gasteiger partial charge in [-0.25, -0.2) is 4.98 Å². The lowest BCUT2D eigenvalue weighted by Gasteiger charge is -2.28. The van der Waals surface area contributed by atoms with E-state index in [0.29, 0.717) is 34.5 Å². The second-order valence-corrected chi connectivity index (χ2v) is 8.49. The van der Waals surface area contributed by atoms with Crippen LogP contribution in [-0.2, 0) is 13.2 Å². The highest BCUT2D eigenvalue weighted by Crippen LogP contribution is 2.21. The molecule has 3 aromatic rings. The lowest BCUT2D eigenvalue weighted by atomic mass is 10.1. The summed E-state index contributed by atoms with van der Waals surface area (Å²) in [7, 11) is 0. The number of amides is 1. The molecule has 29 heavy (non-hydrogen) atoms. The van der Waals surface area contributed by atoms with Gasteiger partial charge >= 0.3 is 0 Å². The predicted octanol–water partition coefficient (Wildman–Crippen LogP) is 6.47. The maximum atomic E-state index is 13.0. The molecule has 0 saturated carbocycles. The van der Waals surface area contributed by atoms with Crippen molar-refractivity contribution in [1.82, 2.24) is 9.88 Å². The van der Waals surface area contributed by atoms with Crippen molar-refractivity contribution in [2.24, 2.45) is 0 Å². The van der Waals surface area contributed by atoms with Crippen LogP contribution in [0.15, 0.2) is 53.9 Å². The number of benzene rings is 2. The molecule has 2 aromatic carbocycles. The zero-order valence-electron chi connectivity index (χ0n) is 16.3. The van der Waals surface area contributed by atoms with Crippen molar-refractivity contribution in [3.63, 3.8) is 0 Å². The molecule has 3 rings (SSSR count). The van der Waals surface area contributed by atoms with Gasteiger partial charge in [-0.05, 0) is 55.8 Å². The second kappa shape index (κ2) is 10.1. The van der Waals surface area contributed by atoms with Gasteiger partial charge in [-0.3, -0.25) is 4.79 Å². The van der Waals surface area contributed by atoms with Crippen LogP contribution in [0.1, 0.15) is 41.3 Å². The summed E-state index contributed by atoms with van der Waals surface area (Å²) in [6, 6.07) is 14.3. The third kappa shape index (κ3) is 5.95. The van der Waals surface area contributed by atoms with Gasteiger partial charge in [-0.2, -0.15) is 0 Å². The maximum absolute atomic E-state index is 13.0. The molecule has 0 N–H and O–H groups in total. The maximum Gasteiger partial charge on any atom is 0.254 e. The molecule has 0 fully saturated rings. The topological polar surface area (TPSA) is 42.4 Å². The average Bonchev–Trinajstić information content (AvgIpc) is 3.17. The molecule has 0 saturated heterocycles. The highest BCUT2D eigenvalue weighted by molar-refractivity contribution is 7.09. The summed E-state index contributed by atoms with van der Waals surface area (Å²) in [6.45, 7) is 4.92. The van der Waals surface area contributed by atoms with E-state index in [0.717, 1.165) is 17.1 Å². The summed E-state index contributed by atoms with van der Waals surface area (Å²) < 4.78 is 5.76. The second-order valence-electron chi connectivity index (χ2n) is 6.68. The Labute approximate surface area is 185 Å². The molecule has 4 nitrogen and oxygen atoms in total. The summed E-state index contributed by atoms with van der Waals surface area (Å²) in [5.74, 6) is 0.675. The van der Waals surface area contributed by atoms with Crippen LogP contribution in [0.3, 0.4) is 0 Å². The summed E-state index contributed by atoms with van der Waals surface area (Å²) in [6.07, 6.45) is 0.855. The normalized spacial score (nSPS) is 11.9. The van der Waals surface area contributed by atoms with Crippen molar-refractivity contribution in [2.75, 3.05) is 0 Å². The molecule has 7 heteroatoms. The van der Waals surface area contributed by atoms with E-state index < -0.39 is 0 Å². The van der Waals surface area contributed by atoms with Crippen molar-refractivity contribution in [1.29, 1.82) is 0 Å². The van der Waals surface area contributed by atoms with E-state index in [1.54, 1.807) is 36.4 Å². The molecular weight excluding hydrogens is 427 g/mol. The van der Waals surface area contributed by atoms with Gasteiger partial charge < -0.3 is 9.64 Å². The van der Waals surface area contributed by atoms with Crippen molar-refractivity contribution in [2.45, 2.75) is 39.5 Å². The Hall–Kier alpha value is -2.08. The number of thiazole rings is 1. The highest BCUT2D eigenvalue weighted by atomic mass is 35.5. The standard InChI is InChI=1S/C22H22Cl2N2O2S/c1-3-15(2)26(22(27)16-7-9-17(23)10-8-16)12-19-14-29-21(25-19)13-28-20-6-4-5-18(24)11-20/h4-11,14-15H,3,12-13H2,1-2H3/t15-/m0/s1. The fraction of sp³-hybridized carbons (Fsp3) is 0.273. The number of aromatic nitrogens is 1. The van der Waals surface area contributed by atoms with Crippen molar-refractivity contribution in [3.8, 4) is 5.75 Å². The summed E-state index contributed by atoms with van der Waals surface area (Å²) >= 11 is 13.4. The van der Waals surface area contributed by atoms with Crippen molar-refractivity contribution in [3.05, 3.63) is 80.2 Å². The summed E-state index contributed by atoms with van der Waals surface area (Å²) in [5, 5.41) is 4.07. The number of halogens is 2. The SMILES string of the molecule is CC[C@H](C)N(Cc1csc(COc2cccc(Cl)c2)n1)C(=O)c1ccc(Cl)cc1. The van der Waals surface area contributed by atoms with Crippen LogP contribution in [0.5, 0.6) is 5.75 Å². The van der Waals surface area contributed by atoms with E-state index in [1.807, 2.05) is 29.3 Å². The molecule has 1 amide bonds. The lowest BCUT2D eigenvalue weighted by Crippen LogP contribution is -2.37. The molecule has 0 aliphatic rings. The Bertz CT molecular complexity index is 959. The minimum atomic E-state index is -0.0271. The van der Waals surface area contributed by atoms with E-state index in [2.05, 4.69) is 11.9 Å². The van der Waals surface area contributed by atoms with Gasteiger partial charge in [0.1, 0.15) is 17.4 Å². The number of nitrogens with zero attached hydrogens (tertiary/aromatic N) is 2. The summed E-state index contributed by atoms with van der Waals surface area (Å²) in [5.41, 5.74) is 1.47. The smallest absolute Gasteiger partial charge is 0.254 e. The Morgan fingerprint density at radius 1 is 1.17 bits per heavy atom. The van der Waals surface area contributed by atoms with Crippen LogP contribution >= 0.6 is 34.5 Å². The fourth-order valence-corrected chi connectivity index (χ4v) is 3.77. The van der Waals surface area contributed by atoms with E-state index in [4.69, 9.17) is 27.9 Å². The molecule has 152 valence electrons. The predicted molar refractivity (Wildman–Crippen MR) is 119 cm³/mol. The fourth-order valence-electron chi connectivity index (χ4n) is 2.77. The van der Waals surface area contributed by atoms with Crippen LogP contribution in [0.2, 0.25) is 10.0 Å². The minimum Gasteiger partial charge on any atom is -0.486 e. The zero-order valence-corrected chi connectivity index (χ0v) is 18.6. The van der Waals surface area contributed by atoms with Gasteiger partial charge in [0.2, 0.25) is 0 Å². The molecule has 1 heterocycles. The number of hydrogen-bond acceptors (Lipinski definition) is 4. The van der Waals surface area contributed by atoms with Crippen LogP contribution in [0.25, 0.3) is 0 Å². The molecular formula is C22H22Cl2N2O2S. The van der Waals surface area contributed by atoms with E-state index in [-0.39, 0.29) is 11.9 Å². The molecule has 0 spiro atoms. The van der Waals surface area contributed by atoms with Gasteiger partial charge in [0.15, 0.2) is 0 Å².